The maximum absolute atomic E-state index is 9.75. The van der Waals surface area contributed by atoms with E-state index < -0.39 is 14.5 Å². The van der Waals surface area contributed by atoms with Gasteiger partial charge >= 0.3 is 53.5 Å². The number of aromatic nitrogens is 4. The van der Waals surface area contributed by atoms with Crippen molar-refractivity contribution in [3.63, 3.8) is 0 Å². The summed E-state index contributed by atoms with van der Waals surface area (Å²) in [4.78, 5) is 24.7. The summed E-state index contributed by atoms with van der Waals surface area (Å²) in [6.07, 6.45) is 10.1. The van der Waals surface area contributed by atoms with Gasteiger partial charge in [-0.25, -0.2) is 19.9 Å². The van der Waals surface area contributed by atoms with E-state index in [4.69, 9.17) is 0 Å². The number of fused-ring (bicyclic) bond motifs is 2. The molecule has 4 aromatic carbocycles. The van der Waals surface area contributed by atoms with E-state index in [9.17, 15) is 34.5 Å². The predicted octanol–water partition coefficient (Wildman–Crippen LogP) is 14.0. The zero-order valence-corrected chi connectivity index (χ0v) is 35.3. The second-order valence-corrected chi connectivity index (χ2v) is 11.2. The van der Waals surface area contributed by atoms with Gasteiger partial charge in [-0.05, 0) is 71.3 Å². The molecule has 0 saturated heterocycles. The first-order valence-electron chi connectivity index (χ1n) is 17.6. The molecule has 4 aromatic heterocycles. The molecule has 0 aliphatic heterocycles. The van der Waals surface area contributed by atoms with Crippen molar-refractivity contribution in [2.45, 2.75) is 0 Å². The summed E-state index contributed by atoms with van der Waals surface area (Å²) in [5.74, 6) is 0. The summed E-state index contributed by atoms with van der Waals surface area (Å²) >= 11 is 0. The summed E-state index contributed by atoms with van der Waals surface area (Å²) < 4.78 is 78.0. The maximum Gasteiger partial charge on any atom is 2.00 e. The average molecular weight is 1030 g/mol. The van der Waals surface area contributed by atoms with E-state index in [2.05, 4.69) is 40.6 Å². The number of benzene rings is 4. The third kappa shape index (κ3) is 27.5. The fourth-order valence-corrected chi connectivity index (χ4v) is 4.20. The van der Waals surface area contributed by atoms with Crippen molar-refractivity contribution in [2.75, 3.05) is 0 Å². The van der Waals surface area contributed by atoms with Crippen LogP contribution in [0.1, 0.15) is 0 Å². The van der Waals surface area contributed by atoms with Crippen molar-refractivity contribution in [2.24, 2.45) is 9.98 Å². The molecule has 2 radical (unpaired) electrons. The summed E-state index contributed by atoms with van der Waals surface area (Å²) in [6, 6.07) is 54.6. The SMILES string of the molecule is C(=Nc1ccccc1)[N-]c1ccccc1.C(=Nc1ccccc1)[N-]c1ccccc1.F[B-](F)(F)F.F[B-](F)(F)F.[Rh+2].[Rh+2].c1cnc2ncccc2c1.c1cnc2ncccc2c1. The number of halogens is 8. The molecule has 0 unspecified atom stereocenters. The van der Waals surface area contributed by atoms with Gasteiger partial charge in [-0.3, -0.25) is 0 Å². The van der Waals surface area contributed by atoms with Crippen LogP contribution in [0.25, 0.3) is 32.7 Å². The standard InChI is InChI=1S/2C13H11N2.2C8H6N2.2BF4.2Rh/c2*1-3-7-12(8-4-1)14-11-15-13-9-5-2-6-10-13;2*1-3-7-4-2-6-10-8(7)9-5-1;2*2-1(3,4)5;;/h2*1-11H;2*1-6H;;;;/q2*-1;;;2*-1;2*+2. The van der Waals surface area contributed by atoms with Crippen LogP contribution in [0, 0.1) is 0 Å². The van der Waals surface area contributed by atoms with Crippen LogP contribution in [0.5, 0.6) is 0 Å². The molecule has 0 amide bonds. The Morgan fingerprint density at radius 1 is 0.355 bits per heavy atom. The maximum atomic E-state index is 9.75. The van der Waals surface area contributed by atoms with Crippen molar-refractivity contribution >= 4 is 72.0 Å². The molecule has 20 heteroatoms. The Labute approximate surface area is 378 Å². The van der Waals surface area contributed by atoms with E-state index in [0.717, 1.165) is 44.8 Å². The van der Waals surface area contributed by atoms with Crippen LogP contribution in [-0.2, 0) is 39.0 Å². The molecule has 0 spiro atoms. The first-order chi connectivity index (χ1) is 28.8. The topological polar surface area (TPSA) is 104 Å². The summed E-state index contributed by atoms with van der Waals surface area (Å²) in [7, 11) is -12.0. The molecule has 0 N–H and O–H groups in total. The minimum atomic E-state index is -6.00. The zero-order chi connectivity index (χ0) is 43.3. The predicted molar refractivity (Wildman–Crippen MR) is 228 cm³/mol. The molecular weight excluding hydrogens is 996 g/mol. The van der Waals surface area contributed by atoms with Crippen LogP contribution in [0.4, 0.5) is 57.3 Å². The van der Waals surface area contributed by atoms with Crippen LogP contribution >= 0.6 is 0 Å². The quantitative estimate of drug-likeness (QED) is 0.0716. The van der Waals surface area contributed by atoms with E-state index >= 15 is 0 Å². The number of para-hydroxylation sites is 4. The fourth-order valence-electron chi connectivity index (χ4n) is 4.20. The fraction of sp³-hybridized carbons (Fsp3) is 0. The number of hydrogen-bond donors (Lipinski definition) is 0. The Morgan fingerprint density at radius 3 is 0.839 bits per heavy atom. The van der Waals surface area contributed by atoms with Crippen molar-refractivity contribution in [1.82, 2.24) is 19.9 Å². The number of hydrogen-bond acceptors (Lipinski definition) is 6. The van der Waals surface area contributed by atoms with Crippen molar-refractivity contribution in [1.29, 1.82) is 0 Å². The molecule has 4 heterocycles. The first kappa shape index (κ1) is 53.8. The van der Waals surface area contributed by atoms with Gasteiger partial charge in [0.2, 0.25) is 0 Å². The largest absolute Gasteiger partial charge is 2.00 e. The molecule has 8 rings (SSSR count). The summed E-state index contributed by atoms with van der Waals surface area (Å²) in [5.41, 5.74) is 5.28. The third-order valence-electron chi connectivity index (χ3n) is 6.60. The Bertz CT molecular complexity index is 2100. The molecule has 62 heavy (non-hydrogen) atoms. The van der Waals surface area contributed by atoms with Gasteiger partial charge in [0.25, 0.3) is 0 Å². The molecular formula is C42H34B2F8N8Rh2. The van der Waals surface area contributed by atoms with Crippen molar-refractivity contribution in [3.8, 4) is 0 Å². The number of nitrogens with zero attached hydrogens (tertiary/aromatic N) is 8. The Balaban J connectivity index is 0.000000386. The third-order valence-corrected chi connectivity index (χ3v) is 6.60. The number of rotatable bonds is 6. The van der Waals surface area contributed by atoms with Gasteiger partial charge in [-0.15, -0.1) is 0 Å². The average Bonchev–Trinajstić information content (AvgIpc) is 3.25. The molecule has 0 bridgehead atoms. The monoisotopic (exact) mass is 1030 g/mol. The summed E-state index contributed by atoms with van der Waals surface area (Å²) in [6.45, 7) is 0. The number of aliphatic imine (C=N–C) groups is 2. The Morgan fingerprint density at radius 2 is 0.597 bits per heavy atom. The van der Waals surface area contributed by atoms with Crippen LogP contribution in [-0.4, -0.2) is 47.1 Å². The van der Waals surface area contributed by atoms with E-state index in [-0.39, 0.29) is 39.0 Å². The van der Waals surface area contributed by atoms with Crippen molar-refractivity contribution < 1.29 is 73.5 Å². The molecule has 0 fully saturated rings. The van der Waals surface area contributed by atoms with Gasteiger partial charge in [0.15, 0.2) is 11.3 Å². The van der Waals surface area contributed by atoms with E-state index in [1.54, 1.807) is 37.5 Å². The van der Waals surface area contributed by atoms with Crippen LogP contribution < -0.4 is 0 Å². The van der Waals surface area contributed by atoms with Crippen LogP contribution in [0.15, 0.2) is 205 Å². The summed E-state index contributed by atoms with van der Waals surface area (Å²) in [5, 5.41) is 10.6. The number of pyridine rings is 4. The molecule has 322 valence electrons. The van der Waals surface area contributed by atoms with Gasteiger partial charge in [0.1, 0.15) is 0 Å². The molecule has 8 aromatic rings. The molecule has 8 nitrogen and oxygen atoms in total. The van der Waals surface area contributed by atoms with Gasteiger partial charge in [0, 0.05) is 35.6 Å². The van der Waals surface area contributed by atoms with Crippen LogP contribution in [0.2, 0.25) is 0 Å². The second-order valence-electron chi connectivity index (χ2n) is 11.2. The van der Waals surface area contributed by atoms with E-state index in [1.165, 1.54) is 0 Å². The van der Waals surface area contributed by atoms with E-state index in [0.29, 0.717) is 0 Å². The van der Waals surface area contributed by atoms with E-state index in [1.807, 2.05) is 170 Å². The second kappa shape index (κ2) is 30.7. The van der Waals surface area contributed by atoms with Gasteiger partial charge in [-0.2, -0.15) is 0 Å². The minimum Gasteiger partial charge on any atom is -0.443 e. The zero-order valence-electron chi connectivity index (χ0n) is 32.1. The van der Waals surface area contributed by atoms with Crippen LogP contribution in [0.3, 0.4) is 0 Å². The van der Waals surface area contributed by atoms with Crippen molar-refractivity contribution in [3.05, 3.63) is 205 Å². The normalized spacial score (nSPS) is 10.2. The van der Waals surface area contributed by atoms with Gasteiger partial charge in [-0.1, -0.05) is 134 Å². The van der Waals surface area contributed by atoms with Gasteiger partial charge in [0.05, 0.1) is 0 Å². The first-order valence-corrected chi connectivity index (χ1v) is 17.6. The Hall–Kier alpha value is -6.24. The smallest absolute Gasteiger partial charge is 0.443 e. The molecule has 0 aliphatic rings. The minimum absolute atomic E-state index is 0. The Kier molecular flexibility index (Phi) is 26.7. The molecule has 0 atom stereocenters. The molecule has 0 aliphatic carbocycles. The van der Waals surface area contributed by atoms with Gasteiger partial charge < -0.3 is 55.1 Å². The molecule has 0 saturated carbocycles.